The molecule has 5 heteroatoms. The molecule has 0 fully saturated rings. The minimum Gasteiger partial charge on any atom is -0.343 e. The molecule has 0 aromatic carbocycles. The standard InChI is InChI=1S/C12H18N4O/c1-9-10(2)14-16(11(9)3)8-12(17)15(4)7-5-6-13/h5,7-8H2,1-4H3. The summed E-state index contributed by atoms with van der Waals surface area (Å²) in [5.74, 6) is -0.0224. The first-order valence-electron chi connectivity index (χ1n) is 5.59. The molecule has 1 amide bonds. The largest absolute Gasteiger partial charge is 0.343 e. The number of likely N-dealkylation sites (N-methyl/N-ethyl adjacent to an activating group) is 1. The first-order valence-corrected chi connectivity index (χ1v) is 5.59. The quantitative estimate of drug-likeness (QED) is 0.786. The Morgan fingerprint density at radius 2 is 2.12 bits per heavy atom. The van der Waals surface area contributed by atoms with Crippen molar-refractivity contribution in [2.24, 2.45) is 0 Å². The highest BCUT2D eigenvalue weighted by molar-refractivity contribution is 5.75. The third-order valence-corrected chi connectivity index (χ3v) is 3.01. The lowest BCUT2D eigenvalue weighted by molar-refractivity contribution is -0.130. The van der Waals surface area contributed by atoms with Crippen LogP contribution in [0.5, 0.6) is 0 Å². The molecule has 0 saturated carbocycles. The number of hydrogen-bond acceptors (Lipinski definition) is 3. The smallest absolute Gasteiger partial charge is 0.244 e. The molecule has 1 rings (SSSR count). The van der Waals surface area contributed by atoms with Crippen molar-refractivity contribution < 1.29 is 4.79 Å². The Morgan fingerprint density at radius 1 is 1.47 bits per heavy atom. The molecule has 0 unspecified atom stereocenters. The van der Waals surface area contributed by atoms with E-state index in [1.165, 1.54) is 0 Å². The fourth-order valence-corrected chi connectivity index (χ4v) is 1.53. The molecule has 0 saturated heterocycles. The van der Waals surface area contributed by atoms with Gasteiger partial charge in [0, 0.05) is 19.3 Å². The van der Waals surface area contributed by atoms with Gasteiger partial charge in [0.05, 0.1) is 18.2 Å². The monoisotopic (exact) mass is 234 g/mol. The van der Waals surface area contributed by atoms with E-state index in [1.807, 2.05) is 26.8 Å². The SMILES string of the molecule is Cc1nn(CC(=O)N(C)CCC#N)c(C)c1C. The minimum atomic E-state index is -0.0224. The Bertz CT molecular complexity index is 456. The van der Waals surface area contributed by atoms with Crippen LogP contribution in [0.4, 0.5) is 0 Å². The number of amides is 1. The van der Waals surface area contributed by atoms with Gasteiger partial charge in [-0.05, 0) is 26.3 Å². The highest BCUT2D eigenvalue weighted by atomic mass is 16.2. The second-order valence-corrected chi connectivity index (χ2v) is 4.18. The first kappa shape index (κ1) is 13.2. The van der Waals surface area contributed by atoms with Crippen LogP contribution in [-0.4, -0.2) is 34.2 Å². The number of nitriles is 1. The predicted molar refractivity (Wildman–Crippen MR) is 64.3 cm³/mol. The molecule has 1 aromatic heterocycles. The minimum absolute atomic E-state index is 0.0224. The molecule has 0 bridgehead atoms. The average Bonchev–Trinajstić information content (AvgIpc) is 2.54. The fourth-order valence-electron chi connectivity index (χ4n) is 1.53. The van der Waals surface area contributed by atoms with E-state index in [9.17, 15) is 4.79 Å². The van der Waals surface area contributed by atoms with E-state index >= 15 is 0 Å². The predicted octanol–water partition coefficient (Wildman–Crippen LogP) is 1.18. The zero-order valence-corrected chi connectivity index (χ0v) is 10.8. The zero-order chi connectivity index (χ0) is 13.0. The van der Waals surface area contributed by atoms with Gasteiger partial charge in [0.15, 0.2) is 0 Å². The normalized spacial score (nSPS) is 10.1. The Morgan fingerprint density at radius 3 is 2.59 bits per heavy atom. The molecule has 17 heavy (non-hydrogen) atoms. The third kappa shape index (κ3) is 3.06. The van der Waals surface area contributed by atoms with Crippen molar-refractivity contribution in [1.82, 2.24) is 14.7 Å². The summed E-state index contributed by atoms with van der Waals surface area (Å²) in [4.78, 5) is 13.4. The summed E-state index contributed by atoms with van der Waals surface area (Å²) in [5, 5.41) is 12.8. The van der Waals surface area contributed by atoms with Crippen molar-refractivity contribution >= 4 is 5.91 Å². The van der Waals surface area contributed by atoms with E-state index in [-0.39, 0.29) is 12.5 Å². The molecule has 0 aliphatic carbocycles. The van der Waals surface area contributed by atoms with Gasteiger partial charge in [-0.15, -0.1) is 0 Å². The maximum atomic E-state index is 11.8. The lowest BCUT2D eigenvalue weighted by atomic mass is 10.2. The summed E-state index contributed by atoms with van der Waals surface area (Å²) >= 11 is 0. The number of carbonyl (C=O) groups is 1. The van der Waals surface area contributed by atoms with Crippen molar-refractivity contribution in [2.45, 2.75) is 33.7 Å². The van der Waals surface area contributed by atoms with Gasteiger partial charge in [0.1, 0.15) is 6.54 Å². The third-order valence-electron chi connectivity index (χ3n) is 3.01. The molecule has 0 spiro atoms. The zero-order valence-electron chi connectivity index (χ0n) is 10.8. The van der Waals surface area contributed by atoms with Crippen molar-refractivity contribution in [1.29, 1.82) is 5.26 Å². The van der Waals surface area contributed by atoms with Gasteiger partial charge in [-0.2, -0.15) is 10.4 Å². The van der Waals surface area contributed by atoms with Gasteiger partial charge < -0.3 is 4.90 Å². The Kier molecular flexibility index (Phi) is 4.27. The lowest BCUT2D eigenvalue weighted by Crippen LogP contribution is -2.31. The van der Waals surface area contributed by atoms with E-state index in [0.717, 1.165) is 17.0 Å². The lowest BCUT2D eigenvalue weighted by Gasteiger charge is -2.15. The molecule has 0 aliphatic heterocycles. The number of carbonyl (C=O) groups excluding carboxylic acids is 1. The molecule has 0 atom stereocenters. The van der Waals surface area contributed by atoms with Crippen LogP contribution in [0.1, 0.15) is 23.4 Å². The maximum Gasteiger partial charge on any atom is 0.244 e. The number of aromatic nitrogens is 2. The summed E-state index contributed by atoms with van der Waals surface area (Å²) < 4.78 is 1.72. The molecule has 92 valence electrons. The van der Waals surface area contributed by atoms with E-state index < -0.39 is 0 Å². The van der Waals surface area contributed by atoms with Crippen molar-refractivity contribution in [3.63, 3.8) is 0 Å². The Labute approximate surface area is 102 Å². The van der Waals surface area contributed by atoms with Gasteiger partial charge in [-0.25, -0.2) is 0 Å². The van der Waals surface area contributed by atoms with Crippen LogP contribution in [0, 0.1) is 32.1 Å². The van der Waals surface area contributed by atoms with Crippen LogP contribution >= 0.6 is 0 Å². The van der Waals surface area contributed by atoms with Crippen LogP contribution in [0.3, 0.4) is 0 Å². The summed E-state index contributed by atoms with van der Waals surface area (Å²) in [6.07, 6.45) is 0.360. The van der Waals surface area contributed by atoms with Gasteiger partial charge >= 0.3 is 0 Å². The van der Waals surface area contributed by atoms with Crippen molar-refractivity contribution in [3.8, 4) is 6.07 Å². The number of hydrogen-bond donors (Lipinski definition) is 0. The van der Waals surface area contributed by atoms with Crippen LogP contribution in [0.25, 0.3) is 0 Å². The number of aryl methyl sites for hydroxylation is 1. The molecule has 0 N–H and O–H groups in total. The van der Waals surface area contributed by atoms with Crippen LogP contribution < -0.4 is 0 Å². The fraction of sp³-hybridized carbons (Fsp3) is 0.583. The van der Waals surface area contributed by atoms with E-state index in [1.54, 1.807) is 16.6 Å². The van der Waals surface area contributed by atoms with E-state index in [2.05, 4.69) is 5.10 Å². The van der Waals surface area contributed by atoms with E-state index in [4.69, 9.17) is 5.26 Å². The van der Waals surface area contributed by atoms with Crippen LogP contribution in [-0.2, 0) is 11.3 Å². The molecule has 0 radical (unpaired) electrons. The molecule has 5 nitrogen and oxygen atoms in total. The average molecular weight is 234 g/mol. The van der Waals surface area contributed by atoms with Crippen LogP contribution in [0.2, 0.25) is 0 Å². The number of nitrogens with zero attached hydrogens (tertiary/aromatic N) is 4. The van der Waals surface area contributed by atoms with Crippen molar-refractivity contribution in [2.75, 3.05) is 13.6 Å². The molecular formula is C12H18N4O. The first-order chi connectivity index (χ1) is 7.97. The second kappa shape index (κ2) is 5.48. The van der Waals surface area contributed by atoms with Crippen LogP contribution in [0.15, 0.2) is 0 Å². The van der Waals surface area contributed by atoms with Crippen molar-refractivity contribution in [3.05, 3.63) is 17.0 Å². The summed E-state index contributed by atoms with van der Waals surface area (Å²) in [5.41, 5.74) is 3.09. The molecule has 1 heterocycles. The highest BCUT2D eigenvalue weighted by Crippen LogP contribution is 2.10. The Balaban J connectivity index is 2.68. The highest BCUT2D eigenvalue weighted by Gasteiger charge is 2.13. The van der Waals surface area contributed by atoms with Gasteiger partial charge in [-0.3, -0.25) is 9.48 Å². The molecule has 1 aromatic rings. The maximum absolute atomic E-state index is 11.8. The van der Waals surface area contributed by atoms with E-state index in [0.29, 0.717) is 13.0 Å². The van der Waals surface area contributed by atoms with Gasteiger partial charge in [0.25, 0.3) is 0 Å². The van der Waals surface area contributed by atoms with Gasteiger partial charge in [-0.1, -0.05) is 0 Å². The summed E-state index contributed by atoms with van der Waals surface area (Å²) in [6, 6.07) is 2.03. The second-order valence-electron chi connectivity index (χ2n) is 4.18. The summed E-state index contributed by atoms with van der Waals surface area (Å²) in [6.45, 7) is 6.59. The molecular weight excluding hydrogens is 216 g/mol. The number of rotatable bonds is 4. The topological polar surface area (TPSA) is 61.9 Å². The Hall–Kier alpha value is -1.83. The van der Waals surface area contributed by atoms with Gasteiger partial charge in [0.2, 0.25) is 5.91 Å². The molecule has 0 aliphatic rings. The summed E-state index contributed by atoms with van der Waals surface area (Å²) in [7, 11) is 1.71.